The number of fused-ring (bicyclic) bond motifs is 2. The van der Waals surface area contributed by atoms with Crippen molar-refractivity contribution in [3.8, 4) is 0 Å². The number of rotatable bonds is 1. The lowest BCUT2D eigenvalue weighted by Gasteiger charge is -2.41. The topological polar surface area (TPSA) is 29.3 Å². The van der Waals surface area contributed by atoms with Crippen molar-refractivity contribution in [3.63, 3.8) is 0 Å². The highest BCUT2D eigenvalue weighted by molar-refractivity contribution is 5.63. The maximum Gasteiger partial charge on any atom is 0.0374 e. The van der Waals surface area contributed by atoms with E-state index in [1.54, 1.807) is 11.1 Å². The predicted molar refractivity (Wildman–Crippen MR) is 98.2 cm³/mol. The second kappa shape index (κ2) is 5.30. The van der Waals surface area contributed by atoms with Crippen molar-refractivity contribution in [2.24, 2.45) is 0 Å². The lowest BCUT2D eigenvalue weighted by molar-refractivity contribution is 0.330. The van der Waals surface area contributed by atoms with Crippen LogP contribution in [0.4, 0.5) is 11.4 Å². The lowest BCUT2D eigenvalue weighted by Crippen LogP contribution is -2.41. The van der Waals surface area contributed by atoms with E-state index in [0.717, 1.165) is 18.8 Å². The lowest BCUT2D eigenvalue weighted by atomic mass is 9.74. The maximum absolute atomic E-state index is 6.11. The van der Waals surface area contributed by atoms with Crippen molar-refractivity contribution in [3.05, 3.63) is 58.7 Å². The fourth-order valence-corrected chi connectivity index (χ4v) is 4.61. The normalized spacial score (nSPS) is 19.1. The van der Waals surface area contributed by atoms with E-state index in [0.29, 0.717) is 5.41 Å². The molecule has 1 saturated heterocycles. The molecule has 1 heterocycles. The van der Waals surface area contributed by atoms with Crippen LogP contribution in [-0.2, 0) is 11.8 Å². The Hall–Kier alpha value is -1.96. The molecule has 0 bridgehead atoms. The second-order valence-corrected chi connectivity index (χ2v) is 7.42. The molecular weight excluding hydrogens is 280 g/mol. The van der Waals surface area contributed by atoms with Crippen molar-refractivity contribution < 1.29 is 0 Å². The fraction of sp³-hybridized carbons (Fsp3) is 0.429. The maximum atomic E-state index is 6.11. The van der Waals surface area contributed by atoms with E-state index < -0.39 is 0 Å². The first-order valence-corrected chi connectivity index (χ1v) is 8.79. The molecule has 120 valence electrons. The number of nitrogens with zero attached hydrogens (tertiary/aromatic N) is 1. The summed E-state index contributed by atoms with van der Waals surface area (Å²) in [5.41, 5.74) is 14.4. The van der Waals surface area contributed by atoms with E-state index >= 15 is 0 Å². The van der Waals surface area contributed by atoms with Crippen LogP contribution in [0, 0.1) is 13.8 Å². The van der Waals surface area contributed by atoms with Gasteiger partial charge in [0, 0.05) is 24.5 Å². The monoisotopic (exact) mass is 306 g/mol. The Kier molecular flexibility index (Phi) is 3.37. The minimum Gasteiger partial charge on any atom is -0.398 e. The molecule has 4 rings (SSSR count). The van der Waals surface area contributed by atoms with Crippen molar-refractivity contribution in [2.45, 2.75) is 44.9 Å². The van der Waals surface area contributed by atoms with Crippen LogP contribution in [0.5, 0.6) is 0 Å². The third kappa shape index (κ3) is 2.32. The molecule has 0 radical (unpaired) electrons. The average Bonchev–Trinajstić information content (AvgIpc) is 2.92. The summed E-state index contributed by atoms with van der Waals surface area (Å²) in [5.74, 6) is 0. The fourth-order valence-electron chi connectivity index (χ4n) is 4.61. The molecule has 1 aliphatic heterocycles. The minimum atomic E-state index is 0.436. The van der Waals surface area contributed by atoms with E-state index in [1.165, 1.54) is 42.5 Å². The molecule has 2 nitrogen and oxygen atoms in total. The molecule has 2 aromatic carbocycles. The van der Waals surface area contributed by atoms with Gasteiger partial charge in [-0.05, 0) is 79.3 Å². The van der Waals surface area contributed by atoms with Crippen molar-refractivity contribution in [2.75, 3.05) is 23.7 Å². The first kappa shape index (κ1) is 14.6. The molecule has 0 amide bonds. The summed E-state index contributed by atoms with van der Waals surface area (Å²) in [5, 5.41) is 0. The number of nitrogen functional groups attached to an aromatic ring is 1. The van der Waals surface area contributed by atoms with Gasteiger partial charge in [0.2, 0.25) is 0 Å². The molecule has 0 atom stereocenters. The molecule has 0 aromatic heterocycles. The molecule has 0 saturated carbocycles. The highest BCUT2D eigenvalue weighted by Gasteiger charge is 2.40. The predicted octanol–water partition coefficient (Wildman–Crippen LogP) is 4.37. The minimum absolute atomic E-state index is 0.436. The van der Waals surface area contributed by atoms with Crippen LogP contribution in [0.25, 0.3) is 0 Å². The van der Waals surface area contributed by atoms with E-state index in [4.69, 9.17) is 5.73 Å². The summed E-state index contributed by atoms with van der Waals surface area (Å²) < 4.78 is 0. The van der Waals surface area contributed by atoms with Crippen molar-refractivity contribution in [1.29, 1.82) is 0 Å². The molecule has 2 aliphatic rings. The number of hydrogen-bond donors (Lipinski definition) is 1. The zero-order valence-electron chi connectivity index (χ0n) is 14.2. The van der Waals surface area contributed by atoms with Gasteiger partial charge in [-0.15, -0.1) is 0 Å². The Morgan fingerprint density at radius 2 is 1.61 bits per heavy atom. The van der Waals surface area contributed by atoms with E-state index in [2.05, 4.69) is 55.1 Å². The van der Waals surface area contributed by atoms with E-state index in [-0.39, 0.29) is 0 Å². The molecule has 23 heavy (non-hydrogen) atoms. The van der Waals surface area contributed by atoms with Gasteiger partial charge >= 0.3 is 0 Å². The van der Waals surface area contributed by atoms with Crippen LogP contribution in [0.1, 0.15) is 41.5 Å². The van der Waals surface area contributed by atoms with Gasteiger partial charge in [0.1, 0.15) is 0 Å². The Balaban J connectivity index is 1.56. The van der Waals surface area contributed by atoms with Gasteiger partial charge in [-0.3, -0.25) is 0 Å². The summed E-state index contributed by atoms with van der Waals surface area (Å²) in [7, 11) is 0. The van der Waals surface area contributed by atoms with Crippen molar-refractivity contribution >= 4 is 11.4 Å². The van der Waals surface area contributed by atoms with Crippen molar-refractivity contribution in [1.82, 2.24) is 0 Å². The summed E-state index contributed by atoms with van der Waals surface area (Å²) >= 11 is 0. The second-order valence-electron chi connectivity index (χ2n) is 7.42. The van der Waals surface area contributed by atoms with Crippen LogP contribution in [-0.4, -0.2) is 13.1 Å². The highest BCUT2D eigenvalue weighted by atomic mass is 15.1. The number of benzene rings is 2. The first-order chi connectivity index (χ1) is 11.1. The SMILES string of the molecule is Cc1cc(N2CCC3(CCc4ccccc43)CC2)cc(C)c1N. The summed E-state index contributed by atoms with van der Waals surface area (Å²) in [6.45, 7) is 6.53. The number of hydrogen-bond acceptors (Lipinski definition) is 2. The first-order valence-electron chi connectivity index (χ1n) is 8.79. The van der Waals surface area contributed by atoms with Gasteiger partial charge in [-0.25, -0.2) is 0 Å². The summed E-state index contributed by atoms with van der Waals surface area (Å²) in [6, 6.07) is 13.6. The van der Waals surface area contributed by atoms with Gasteiger partial charge in [-0.1, -0.05) is 24.3 Å². The molecule has 1 spiro atoms. The third-order valence-electron chi connectivity index (χ3n) is 6.13. The average molecular weight is 306 g/mol. The van der Waals surface area contributed by atoms with Crippen LogP contribution < -0.4 is 10.6 Å². The number of piperidine rings is 1. The zero-order chi connectivity index (χ0) is 16.0. The molecule has 2 heteroatoms. The van der Waals surface area contributed by atoms with Crippen LogP contribution in [0.2, 0.25) is 0 Å². The van der Waals surface area contributed by atoms with Gasteiger partial charge in [0.05, 0.1) is 0 Å². The van der Waals surface area contributed by atoms with Crippen LogP contribution in [0.15, 0.2) is 36.4 Å². The van der Waals surface area contributed by atoms with Crippen LogP contribution >= 0.6 is 0 Å². The summed E-state index contributed by atoms with van der Waals surface area (Å²) in [4.78, 5) is 2.55. The van der Waals surface area contributed by atoms with Gasteiger partial charge in [0.25, 0.3) is 0 Å². The van der Waals surface area contributed by atoms with E-state index in [9.17, 15) is 0 Å². The molecule has 2 N–H and O–H groups in total. The van der Waals surface area contributed by atoms with Gasteiger partial charge in [-0.2, -0.15) is 0 Å². The Labute approximate surface area is 139 Å². The zero-order valence-corrected chi connectivity index (χ0v) is 14.2. The summed E-state index contributed by atoms with van der Waals surface area (Å²) in [6.07, 6.45) is 5.13. The molecule has 1 aliphatic carbocycles. The molecule has 2 aromatic rings. The smallest absolute Gasteiger partial charge is 0.0374 e. The van der Waals surface area contributed by atoms with Gasteiger partial charge in [0.15, 0.2) is 0 Å². The number of anilines is 2. The van der Waals surface area contributed by atoms with Crippen LogP contribution in [0.3, 0.4) is 0 Å². The molecule has 1 fully saturated rings. The largest absolute Gasteiger partial charge is 0.398 e. The highest BCUT2D eigenvalue weighted by Crippen LogP contribution is 2.46. The standard InChI is InChI=1S/C21H26N2/c1-15-13-18(14-16(2)20(15)22)23-11-9-21(10-12-23)8-7-17-5-3-4-6-19(17)21/h3-6,13-14H,7-12,22H2,1-2H3. The Bertz CT molecular complexity index is 716. The number of aryl methyl sites for hydroxylation is 3. The number of nitrogens with two attached hydrogens (primary N) is 1. The van der Waals surface area contributed by atoms with Gasteiger partial charge < -0.3 is 10.6 Å². The Morgan fingerprint density at radius 1 is 0.957 bits per heavy atom. The van der Waals surface area contributed by atoms with E-state index in [1.807, 2.05) is 0 Å². The Morgan fingerprint density at radius 3 is 2.30 bits per heavy atom. The quantitative estimate of drug-likeness (QED) is 0.793. The molecular formula is C21H26N2. The molecule has 0 unspecified atom stereocenters. The third-order valence-corrected chi connectivity index (χ3v) is 6.13.